The Bertz CT molecular complexity index is 3980. The molecule has 1 heterocycles. The fraction of sp³-hybridized carbons (Fsp3) is 0.114. The highest BCUT2D eigenvalue weighted by Crippen LogP contribution is 2.67. The van der Waals surface area contributed by atoms with E-state index in [0.717, 1.165) is 12.8 Å². The number of anilines is 2. The maximum Gasteiger partial charge on any atom is 0.0538 e. The van der Waals surface area contributed by atoms with Gasteiger partial charge in [-0.1, -0.05) is 202 Å². The van der Waals surface area contributed by atoms with E-state index >= 15 is 0 Å². The molecule has 342 valence electrons. The van der Waals surface area contributed by atoms with Gasteiger partial charge in [-0.15, -0.1) is 11.3 Å². The van der Waals surface area contributed by atoms with E-state index < -0.39 is 0 Å². The Morgan fingerprint density at radius 1 is 0.458 bits per heavy atom. The van der Waals surface area contributed by atoms with Crippen LogP contribution in [0, 0.1) is 5.92 Å². The number of benzene rings is 9. The van der Waals surface area contributed by atoms with Crippen LogP contribution in [0.2, 0.25) is 0 Å². The minimum atomic E-state index is -0.240. The molecule has 0 saturated carbocycles. The van der Waals surface area contributed by atoms with Crippen molar-refractivity contribution < 1.29 is 0 Å². The van der Waals surface area contributed by atoms with E-state index in [1.54, 1.807) is 0 Å². The smallest absolute Gasteiger partial charge is 0.0538 e. The molecule has 10 aromatic rings. The summed E-state index contributed by atoms with van der Waals surface area (Å²) in [4.78, 5) is 2.55. The summed E-state index contributed by atoms with van der Waals surface area (Å²) >= 11 is 1.87. The van der Waals surface area contributed by atoms with Gasteiger partial charge in [-0.3, -0.25) is 0 Å². The molecule has 0 saturated heterocycles. The molecule has 5 aliphatic carbocycles. The van der Waals surface area contributed by atoms with Gasteiger partial charge in [0, 0.05) is 54.5 Å². The molecular weight excluding hydrogens is 887 g/mol. The summed E-state index contributed by atoms with van der Waals surface area (Å²) in [6.07, 6.45) is 14.1. The first-order valence-corrected chi connectivity index (χ1v) is 26.5. The van der Waals surface area contributed by atoms with E-state index in [9.17, 15) is 0 Å². The van der Waals surface area contributed by atoms with Crippen LogP contribution in [0.15, 0.2) is 253 Å². The van der Waals surface area contributed by atoms with Crippen molar-refractivity contribution in [3.8, 4) is 44.5 Å². The summed E-state index contributed by atoms with van der Waals surface area (Å²) in [5.41, 5.74) is 25.2. The van der Waals surface area contributed by atoms with Crippen LogP contribution < -0.4 is 4.90 Å². The summed E-state index contributed by atoms with van der Waals surface area (Å²) in [5, 5.41) is 2.66. The molecule has 0 amide bonds. The number of allylic oxidation sites excluding steroid dienone is 8. The van der Waals surface area contributed by atoms with Gasteiger partial charge in [0.15, 0.2) is 0 Å². The highest BCUT2D eigenvalue weighted by Gasteiger charge is 2.58. The molecule has 0 bridgehead atoms. The Morgan fingerprint density at radius 2 is 1.12 bits per heavy atom. The van der Waals surface area contributed by atoms with Gasteiger partial charge in [-0.05, 0) is 150 Å². The Morgan fingerprint density at radius 3 is 1.92 bits per heavy atom. The number of hydrogen-bond acceptors (Lipinski definition) is 2. The minimum absolute atomic E-state index is 0.174. The minimum Gasteiger partial charge on any atom is -0.314 e. The van der Waals surface area contributed by atoms with Crippen molar-refractivity contribution in [1.29, 1.82) is 0 Å². The largest absolute Gasteiger partial charge is 0.314 e. The molecule has 72 heavy (non-hydrogen) atoms. The van der Waals surface area contributed by atoms with E-state index in [1.807, 2.05) is 11.3 Å². The van der Waals surface area contributed by atoms with Crippen molar-refractivity contribution in [1.82, 2.24) is 0 Å². The monoisotopic (exact) mass is 937 g/mol. The van der Waals surface area contributed by atoms with Gasteiger partial charge < -0.3 is 4.90 Å². The second-order valence-electron chi connectivity index (χ2n) is 21.0. The third kappa shape index (κ3) is 5.88. The zero-order valence-corrected chi connectivity index (χ0v) is 41.3. The second-order valence-corrected chi connectivity index (χ2v) is 22.1. The van der Waals surface area contributed by atoms with E-state index in [1.165, 1.54) is 126 Å². The lowest BCUT2D eigenvalue weighted by atomic mass is 9.64. The standard InChI is InChI=1S/C70H51NS/c1-69(2)62-27-14-22-51(45-16-4-3-5-17-45)67(62)57-40-39-50(43-64(57)69)71(48-35-30-44(31-36-48)47-34-41-66-58(42-47)55-20-9-13-29-65(55)72-66)49-37-32-46(33-38-49)52-23-15-28-63-68(52)56-21-8-12-26-61(56)70(63)59-24-10-6-18-53(59)54-19-7-11-25-60(54)70/h3-32,34-37,39-43,63,68H,33,38H2,1-2H3. The van der Waals surface area contributed by atoms with Crippen molar-refractivity contribution in [2.45, 2.75) is 43.4 Å². The van der Waals surface area contributed by atoms with E-state index in [0.29, 0.717) is 0 Å². The predicted molar refractivity (Wildman–Crippen MR) is 303 cm³/mol. The molecular formula is C70H51NS. The molecule has 0 aliphatic heterocycles. The molecule has 15 rings (SSSR count). The van der Waals surface area contributed by atoms with Crippen LogP contribution in [0.25, 0.3) is 64.7 Å². The average Bonchev–Trinajstić information content (AvgIpc) is 4.14. The van der Waals surface area contributed by atoms with Crippen LogP contribution in [-0.4, -0.2) is 0 Å². The Balaban J connectivity index is 0.842. The summed E-state index contributed by atoms with van der Waals surface area (Å²) in [7, 11) is 0. The van der Waals surface area contributed by atoms with Gasteiger partial charge in [0.2, 0.25) is 0 Å². The number of nitrogens with zero attached hydrogens (tertiary/aromatic N) is 1. The Labute approximate surface area is 426 Å². The molecule has 2 unspecified atom stereocenters. The summed E-state index contributed by atoms with van der Waals surface area (Å²) < 4.78 is 2.67. The van der Waals surface area contributed by atoms with E-state index in [-0.39, 0.29) is 22.7 Å². The van der Waals surface area contributed by atoms with Gasteiger partial charge in [0.25, 0.3) is 0 Å². The topological polar surface area (TPSA) is 3.24 Å². The first-order valence-electron chi connectivity index (χ1n) is 25.7. The molecule has 5 aliphatic rings. The molecule has 0 N–H and O–H groups in total. The third-order valence-electron chi connectivity index (χ3n) is 17.2. The quantitative estimate of drug-likeness (QED) is 0.161. The normalized spacial score (nSPS) is 18.2. The zero-order chi connectivity index (χ0) is 47.7. The van der Waals surface area contributed by atoms with E-state index in [4.69, 9.17) is 0 Å². The van der Waals surface area contributed by atoms with Crippen LogP contribution >= 0.6 is 11.3 Å². The van der Waals surface area contributed by atoms with E-state index in [2.05, 4.69) is 255 Å². The number of thiophene rings is 1. The van der Waals surface area contributed by atoms with Crippen LogP contribution in [0.4, 0.5) is 11.4 Å². The van der Waals surface area contributed by atoms with Crippen molar-refractivity contribution >= 4 is 42.9 Å². The summed E-state index contributed by atoms with van der Waals surface area (Å²) in [5.74, 6) is 0.518. The SMILES string of the molecule is CC1(C)c2cc(N(C3=CC=C(C4=CC=CC5C4c4ccccc4C54c5ccccc5-c5ccccc54)CC3)c3ccc(-c4ccc5sc6ccccc6c5c4)cc3)ccc2-c2c(-c3ccccc3)cccc21. The maximum absolute atomic E-state index is 2.55. The lowest BCUT2D eigenvalue weighted by molar-refractivity contribution is 0.455. The van der Waals surface area contributed by atoms with Gasteiger partial charge in [-0.25, -0.2) is 0 Å². The second kappa shape index (κ2) is 15.7. The van der Waals surface area contributed by atoms with Gasteiger partial charge >= 0.3 is 0 Å². The maximum atomic E-state index is 2.55. The average molecular weight is 938 g/mol. The molecule has 9 aromatic carbocycles. The van der Waals surface area contributed by atoms with Crippen LogP contribution in [0.3, 0.4) is 0 Å². The van der Waals surface area contributed by atoms with Gasteiger partial charge in [0.1, 0.15) is 0 Å². The molecule has 1 spiro atoms. The summed E-state index contributed by atoms with van der Waals surface area (Å²) in [6.45, 7) is 4.82. The van der Waals surface area contributed by atoms with Crippen molar-refractivity contribution in [3.63, 3.8) is 0 Å². The third-order valence-corrected chi connectivity index (χ3v) is 18.3. The fourth-order valence-electron chi connectivity index (χ4n) is 14.0. The fourth-order valence-corrected chi connectivity index (χ4v) is 15.1. The molecule has 0 radical (unpaired) electrons. The number of hydrogen-bond donors (Lipinski definition) is 0. The first-order chi connectivity index (χ1) is 35.5. The molecule has 1 nitrogen and oxygen atoms in total. The van der Waals surface area contributed by atoms with Crippen molar-refractivity contribution in [3.05, 3.63) is 287 Å². The van der Waals surface area contributed by atoms with Crippen LogP contribution in [0.1, 0.15) is 66.0 Å². The highest BCUT2D eigenvalue weighted by atomic mass is 32.1. The van der Waals surface area contributed by atoms with Gasteiger partial charge in [-0.2, -0.15) is 0 Å². The Hall–Kier alpha value is -8.04. The molecule has 0 fully saturated rings. The first kappa shape index (κ1) is 41.7. The van der Waals surface area contributed by atoms with Crippen LogP contribution in [0.5, 0.6) is 0 Å². The zero-order valence-electron chi connectivity index (χ0n) is 40.4. The lowest BCUT2D eigenvalue weighted by Crippen LogP contribution is -2.33. The lowest BCUT2D eigenvalue weighted by Gasteiger charge is -2.38. The number of fused-ring (bicyclic) bond motifs is 16. The number of rotatable bonds is 6. The molecule has 2 atom stereocenters. The van der Waals surface area contributed by atoms with Crippen LogP contribution in [-0.2, 0) is 10.8 Å². The highest BCUT2D eigenvalue weighted by molar-refractivity contribution is 7.25. The van der Waals surface area contributed by atoms with Crippen molar-refractivity contribution in [2.75, 3.05) is 4.90 Å². The Kier molecular flexibility index (Phi) is 9.11. The van der Waals surface area contributed by atoms with Crippen molar-refractivity contribution in [2.24, 2.45) is 5.92 Å². The summed E-state index contributed by atoms with van der Waals surface area (Å²) in [6, 6.07) is 77.9. The molecule has 1 aromatic heterocycles. The van der Waals surface area contributed by atoms with Gasteiger partial charge in [0.05, 0.1) is 5.41 Å². The molecule has 2 heteroatoms. The predicted octanol–water partition coefficient (Wildman–Crippen LogP) is 18.7.